The Morgan fingerprint density at radius 1 is 1.50 bits per heavy atom. The van der Waals surface area contributed by atoms with Crippen molar-refractivity contribution in [1.29, 1.82) is 0 Å². The summed E-state index contributed by atoms with van der Waals surface area (Å²) >= 11 is 0. The number of carbonyl (C=O) groups is 1. The van der Waals surface area contributed by atoms with E-state index in [1.165, 1.54) is 11.5 Å². The predicted octanol–water partition coefficient (Wildman–Crippen LogP) is 2.07. The Morgan fingerprint density at radius 3 is 2.57 bits per heavy atom. The van der Waals surface area contributed by atoms with Crippen LogP contribution >= 0.6 is 0 Å². The summed E-state index contributed by atoms with van der Waals surface area (Å²) in [7, 11) is 0. The first-order valence-corrected chi connectivity index (χ1v) is 4.30. The lowest BCUT2D eigenvalue weighted by atomic mass is 10.0. The van der Waals surface area contributed by atoms with Gasteiger partial charge in [0.1, 0.15) is 5.82 Å². The van der Waals surface area contributed by atoms with Crippen LogP contribution in [0.3, 0.4) is 0 Å². The van der Waals surface area contributed by atoms with Crippen LogP contribution in [0.15, 0.2) is 18.2 Å². The summed E-state index contributed by atoms with van der Waals surface area (Å²) in [6.45, 7) is 3.73. The molecule has 0 aromatic heterocycles. The van der Waals surface area contributed by atoms with Crippen LogP contribution in [0, 0.1) is 5.82 Å². The molecule has 0 aliphatic carbocycles. The van der Waals surface area contributed by atoms with Gasteiger partial charge in [0.2, 0.25) is 0 Å². The van der Waals surface area contributed by atoms with E-state index in [0.717, 1.165) is 6.07 Å². The normalized spacial score (nSPS) is 10.4. The summed E-state index contributed by atoms with van der Waals surface area (Å²) in [5.41, 5.74) is 2.11. The summed E-state index contributed by atoms with van der Waals surface area (Å²) in [4.78, 5) is 10.9. The molecule has 0 saturated carbocycles. The van der Waals surface area contributed by atoms with Crippen molar-refractivity contribution in [3.05, 3.63) is 35.1 Å². The first-order valence-electron chi connectivity index (χ1n) is 4.30. The van der Waals surface area contributed by atoms with Gasteiger partial charge in [-0.05, 0) is 23.6 Å². The number of rotatable bonds is 2. The van der Waals surface area contributed by atoms with E-state index in [9.17, 15) is 9.18 Å². The Balaban J connectivity index is 3.06. The van der Waals surface area contributed by atoms with E-state index in [4.69, 9.17) is 5.21 Å². The topological polar surface area (TPSA) is 49.3 Å². The third-order valence-electron chi connectivity index (χ3n) is 1.99. The van der Waals surface area contributed by atoms with Crippen LogP contribution in [0.5, 0.6) is 0 Å². The van der Waals surface area contributed by atoms with Crippen molar-refractivity contribution in [2.45, 2.75) is 19.8 Å². The highest BCUT2D eigenvalue weighted by Crippen LogP contribution is 2.19. The Morgan fingerprint density at radius 2 is 2.14 bits per heavy atom. The zero-order valence-electron chi connectivity index (χ0n) is 8.04. The van der Waals surface area contributed by atoms with Gasteiger partial charge in [-0.2, -0.15) is 0 Å². The smallest absolute Gasteiger partial charge is 0.274 e. The zero-order chi connectivity index (χ0) is 10.7. The molecular weight excluding hydrogens is 185 g/mol. The molecule has 1 amide bonds. The van der Waals surface area contributed by atoms with E-state index in [0.29, 0.717) is 5.56 Å². The second kappa shape index (κ2) is 4.19. The van der Waals surface area contributed by atoms with Gasteiger partial charge in [0.05, 0.1) is 0 Å². The number of benzene rings is 1. The largest absolute Gasteiger partial charge is 0.288 e. The molecule has 14 heavy (non-hydrogen) atoms. The third-order valence-corrected chi connectivity index (χ3v) is 1.99. The molecule has 0 spiro atoms. The average Bonchev–Trinajstić information content (AvgIpc) is 2.15. The first kappa shape index (κ1) is 10.7. The van der Waals surface area contributed by atoms with Crippen molar-refractivity contribution in [1.82, 2.24) is 5.48 Å². The van der Waals surface area contributed by atoms with Gasteiger partial charge in [0.25, 0.3) is 5.91 Å². The molecule has 0 saturated heterocycles. The van der Waals surface area contributed by atoms with Gasteiger partial charge in [0, 0.05) is 5.56 Å². The molecule has 0 bridgehead atoms. The maximum Gasteiger partial charge on any atom is 0.274 e. The maximum absolute atomic E-state index is 13.3. The number of hydroxylamine groups is 1. The monoisotopic (exact) mass is 197 g/mol. The van der Waals surface area contributed by atoms with E-state index in [-0.39, 0.29) is 11.5 Å². The molecule has 3 nitrogen and oxygen atoms in total. The minimum Gasteiger partial charge on any atom is -0.288 e. The summed E-state index contributed by atoms with van der Waals surface area (Å²) in [6.07, 6.45) is 0. The van der Waals surface area contributed by atoms with Crippen LogP contribution in [-0.4, -0.2) is 11.1 Å². The average molecular weight is 197 g/mol. The van der Waals surface area contributed by atoms with E-state index in [1.54, 1.807) is 6.07 Å². The van der Waals surface area contributed by atoms with Crippen LogP contribution in [0.4, 0.5) is 4.39 Å². The lowest BCUT2D eigenvalue weighted by Gasteiger charge is -2.07. The fraction of sp³-hybridized carbons (Fsp3) is 0.300. The molecule has 0 aliphatic rings. The second-order valence-corrected chi connectivity index (χ2v) is 3.33. The summed E-state index contributed by atoms with van der Waals surface area (Å²) in [5, 5.41) is 8.34. The van der Waals surface area contributed by atoms with Gasteiger partial charge in [-0.1, -0.05) is 19.9 Å². The third kappa shape index (κ3) is 2.09. The minimum atomic E-state index is -0.709. The number of amides is 1. The highest BCUT2D eigenvalue weighted by Gasteiger charge is 2.10. The summed E-state index contributed by atoms with van der Waals surface area (Å²) in [5.74, 6) is -1.07. The van der Waals surface area contributed by atoms with Crippen LogP contribution in [0.1, 0.15) is 35.7 Å². The van der Waals surface area contributed by atoms with Gasteiger partial charge in [-0.15, -0.1) is 0 Å². The lowest BCUT2D eigenvalue weighted by molar-refractivity contribution is 0.0706. The maximum atomic E-state index is 13.3. The predicted molar refractivity (Wildman–Crippen MR) is 49.7 cm³/mol. The standard InChI is InChI=1S/C10H12FNO2/c1-6(2)8-4-3-7(5-9(8)11)10(13)12-14/h3-6,14H,1-2H3,(H,12,13). The van der Waals surface area contributed by atoms with Gasteiger partial charge in [0.15, 0.2) is 0 Å². The van der Waals surface area contributed by atoms with Crippen LogP contribution in [-0.2, 0) is 0 Å². The van der Waals surface area contributed by atoms with Gasteiger partial charge in [-0.3, -0.25) is 10.0 Å². The Kier molecular flexibility index (Phi) is 3.19. The fourth-order valence-electron chi connectivity index (χ4n) is 1.20. The Bertz CT molecular complexity index is 350. The minimum absolute atomic E-state index is 0.0706. The zero-order valence-corrected chi connectivity index (χ0v) is 8.04. The molecule has 1 aromatic rings. The molecule has 2 N–H and O–H groups in total. The van der Waals surface area contributed by atoms with E-state index < -0.39 is 11.7 Å². The summed E-state index contributed by atoms with van der Waals surface area (Å²) < 4.78 is 13.3. The molecule has 4 heteroatoms. The molecule has 1 aromatic carbocycles. The van der Waals surface area contributed by atoms with E-state index in [2.05, 4.69) is 0 Å². The van der Waals surface area contributed by atoms with Crippen molar-refractivity contribution >= 4 is 5.91 Å². The quantitative estimate of drug-likeness (QED) is 0.563. The Hall–Kier alpha value is -1.42. The number of nitrogens with one attached hydrogen (secondary N) is 1. The van der Waals surface area contributed by atoms with E-state index in [1.807, 2.05) is 13.8 Å². The number of carbonyl (C=O) groups excluding carboxylic acids is 1. The second-order valence-electron chi connectivity index (χ2n) is 3.33. The van der Waals surface area contributed by atoms with Gasteiger partial charge in [-0.25, -0.2) is 9.87 Å². The molecule has 0 atom stereocenters. The van der Waals surface area contributed by atoms with Crippen molar-refractivity contribution < 1.29 is 14.4 Å². The first-order chi connectivity index (χ1) is 6.56. The van der Waals surface area contributed by atoms with Crippen molar-refractivity contribution in [2.75, 3.05) is 0 Å². The highest BCUT2D eigenvalue weighted by molar-refractivity contribution is 5.93. The van der Waals surface area contributed by atoms with Crippen molar-refractivity contribution in [3.8, 4) is 0 Å². The van der Waals surface area contributed by atoms with Crippen molar-refractivity contribution in [2.24, 2.45) is 0 Å². The molecule has 0 aliphatic heterocycles. The molecule has 0 radical (unpaired) electrons. The summed E-state index contributed by atoms with van der Waals surface area (Å²) in [6, 6.07) is 4.13. The van der Waals surface area contributed by atoms with Crippen LogP contribution < -0.4 is 5.48 Å². The fourth-order valence-corrected chi connectivity index (χ4v) is 1.20. The molecule has 0 heterocycles. The Labute approximate surface area is 81.5 Å². The molecule has 0 unspecified atom stereocenters. The van der Waals surface area contributed by atoms with Crippen LogP contribution in [0.2, 0.25) is 0 Å². The highest BCUT2D eigenvalue weighted by atomic mass is 19.1. The SMILES string of the molecule is CC(C)c1ccc(C(=O)NO)cc1F. The number of halogens is 1. The molecule has 1 rings (SSSR count). The van der Waals surface area contributed by atoms with Gasteiger partial charge < -0.3 is 0 Å². The molecule has 0 fully saturated rings. The van der Waals surface area contributed by atoms with Crippen LogP contribution in [0.25, 0.3) is 0 Å². The van der Waals surface area contributed by atoms with E-state index >= 15 is 0 Å². The number of hydrogen-bond acceptors (Lipinski definition) is 2. The molecule has 76 valence electrons. The van der Waals surface area contributed by atoms with Gasteiger partial charge >= 0.3 is 0 Å². The van der Waals surface area contributed by atoms with Crippen molar-refractivity contribution in [3.63, 3.8) is 0 Å². The lowest BCUT2D eigenvalue weighted by Crippen LogP contribution is -2.18. The number of hydrogen-bond donors (Lipinski definition) is 2. The molecular formula is C10H12FNO2.